The van der Waals surface area contributed by atoms with Crippen molar-refractivity contribution in [3.05, 3.63) is 0 Å². The van der Waals surface area contributed by atoms with Gasteiger partial charge in [0.2, 0.25) is 17.8 Å². The van der Waals surface area contributed by atoms with Gasteiger partial charge in [-0.3, -0.25) is 4.79 Å². The Hall–Kier alpha value is -2.12. The lowest BCUT2D eigenvalue weighted by Gasteiger charge is -2.08. The number of anilines is 2. The third-order valence-electron chi connectivity index (χ3n) is 1.89. The number of amides is 1. The van der Waals surface area contributed by atoms with Crippen molar-refractivity contribution in [2.45, 2.75) is 13.8 Å². The number of aromatic nitrogens is 3. The maximum absolute atomic E-state index is 10.7. The molecule has 0 aliphatic rings. The van der Waals surface area contributed by atoms with Crippen LogP contribution in [0.15, 0.2) is 0 Å². The van der Waals surface area contributed by atoms with Crippen LogP contribution in [0.1, 0.15) is 13.8 Å². The van der Waals surface area contributed by atoms with Crippen molar-refractivity contribution in [1.29, 1.82) is 0 Å². The second-order valence-electron chi connectivity index (χ2n) is 3.36. The van der Waals surface area contributed by atoms with E-state index in [-0.39, 0.29) is 11.9 Å². The zero-order valence-corrected chi connectivity index (χ0v) is 10.8. The van der Waals surface area contributed by atoms with Gasteiger partial charge in [0.1, 0.15) is 0 Å². The second-order valence-corrected chi connectivity index (χ2v) is 3.36. The van der Waals surface area contributed by atoms with Crippen molar-refractivity contribution in [1.82, 2.24) is 20.3 Å². The topological polar surface area (TPSA) is 101 Å². The fourth-order valence-corrected chi connectivity index (χ4v) is 1.15. The van der Waals surface area contributed by atoms with Gasteiger partial charge in [-0.2, -0.15) is 15.0 Å². The molecule has 0 saturated carbocycles. The zero-order chi connectivity index (χ0) is 13.4. The first kappa shape index (κ1) is 13.9. The molecule has 0 aromatic carbocycles. The number of nitrogens with one attached hydrogen (secondary N) is 3. The standard InChI is InChI=1S/C10H18N6O2/c1-4-18-10-15-8(11-3)14-9(16-10)13-6-5-12-7(2)17/h4-6H2,1-3H3,(H,12,17)(H2,11,13,14,15,16). The smallest absolute Gasteiger partial charge is 0.323 e. The van der Waals surface area contributed by atoms with E-state index in [0.29, 0.717) is 31.6 Å². The molecular formula is C10H18N6O2. The molecule has 0 saturated heterocycles. The van der Waals surface area contributed by atoms with Crippen LogP contribution >= 0.6 is 0 Å². The van der Waals surface area contributed by atoms with Gasteiger partial charge < -0.3 is 20.7 Å². The molecule has 1 heterocycles. The average molecular weight is 254 g/mol. The fourth-order valence-electron chi connectivity index (χ4n) is 1.15. The van der Waals surface area contributed by atoms with Gasteiger partial charge in [-0.1, -0.05) is 0 Å². The molecule has 0 spiro atoms. The fraction of sp³-hybridized carbons (Fsp3) is 0.600. The summed E-state index contributed by atoms with van der Waals surface area (Å²) in [4.78, 5) is 22.9. The van der Waals surface area contributed by atoms with E-state index in [1.165, 1.54) is 6.92 Å². The minimum Gasteiger partial charge on any atom is -0.464 e. The highest BCUT2D eigenvalue weighted by Crippen LogP contribution is 2.10. The van der Waals surface area contributed by atoms with Crippen LogP contribution in [0.2, 0.25) is 0 Å². The zero-order valence-electron chi connectivity index (χ0n) is 10.8. The van der Waals surface area contributed by atoms with E-state index in [0.717, 1.165) is 0 Å². The SMILES string of the molecule is CCOc1nc(NC)nc(NCCNC(C)=O)n1. The second kappa shape index (κ2) is 7.25. The molecule has 1 aromatic heterocycles. The van der Waals surface area contributed by atoms with E-state index >= 15 is 0 Å². The Balaban J connectivity index is 2.57. The average Bonchev–Trinajstić information content (AvgIpc) is 2.34. The predicted molar refractivity (Wildman–Crippen MR) is 67.7 cm³/mol. The molecule has 100 valence electrons. The highest BCUT2D eigenvalue weighted by Gasteiger charge is 2.05. The van der Waals surface area contributed by atoms with Crippen molar-refractivity contribution in [2.75, 3.05) is 37.4 Å². The van der Waals surface area contributed by atoms with Crippen molar-refractivity contribution < 1.29 is 9.53 Å². The summed E-state index contributed by atoms with van der Waals surface area (Å²) < 4.78 is 5.22. The minimum atomic E-state index is -0.0710. The highest BCUT2D eigenvalue weighted by molar-refractivity contribution is 5.72. The molecule has 0 atom stereocenters. The highest BCUT2D eigenvalue weighted by atomic mass is 16.5. The van der Waals surface area contributed by atoms with Gasteiger partial charge in [-0.15, -0.1) is 0 Å². The van der Waals surface area contributed by atoms with Crippen LogP contribution in [0.25, 0.3) is 0 Å². The van der Waals surface area contributed by atoms with Crippen LogP contribution < -0.4 is 20.7 Å². The van der Waals surface area contributed by atoms with E-state index in [1.54, 1.807) is 7.05 Å². The number of rotatable bonds is 7. The molecule has 1 amide bonds. The molecule has 0 fully saturated rings. The summed E-state index contributed by atoms with van der Waals surface area (Å²) in [6.07, 6.45) is 0. The summed E-state index contributed by atoms with van der Waals surface area (Å²) in [7, 11) is 1.71. The Bertz CT molecular complexity index is 398. The summed E-state index contributed by atoms with van der Waals surface area (Å²) in [6, 6.07) is 0.263. The Labute approximate surface area is 106 Å². The minimum absolute atomic E-state index is 0.0710. The molecule has 0 bridgehead atoms. The molecule has 0 aliphatic carbocycles. The maximum atomic E-state index is 10.7. The first-order valence-electron chi connectivity index (χ1n) is 5.70. The molecule has 18 heavy (non-hydrogen) atoms. The van der Waals surface area contributed by atoms with Gasteiger partial charge in [0.15, 0.2) is 0 Å². The van der Waals surface area contributed by atoms with Gasteiger partial charge in [0.05, 0.1) is 6.61 Å². The van der Waals surface area contributed by atoms with Crippen molar-refractivity contribution >= 4 is 17.8 Å². The van der Waals surface area contributed by atoms with Crippen molar-refractivity contribution in [2.24, 2.45) is 0 Å². The van der Waals surface area contributed by atoms with E-state index in [4.69, 9.17) is 4.74 Å². The first-order chi connectivity index (χ1) is 8.65. The summed E-state index contributed by atoms with van der Waals surface area (Å²) >= 11 is 0. The van der Waals surface area contributed by atoms with Crippen LogP contribution in [-0.2, 0) is 4.79 Å². The summed E-state index contributed by atoms with van der Waals surface area (Å²) in [5.74, 6) is 0.761. The lowest BCUT2D eigenvalue weighted by Crippen LogP contribution is -2.26. The van der Waals surface area contributed by atoms with Crippen LogP contribution in [0, 0.1) is 0 Å². The largest absolute Gasteiger partial charge is 0.464 e. The lowest BCUT2D eigenvalue weighted by atomic mass is 10.6. The van der Waals surface area contributed by atoms with Gasteiger partial charge in [-0.25, -0.2) is 0 Å². The Kier molecular flexibility index (Phi) is 5.62. The number of carbonyl (C=O) groups excluding carboxylic acids is 1. The van der Waals surface area contributed by atoms with Gasteiger partial charge in [0, 0.05) is 27.1 Å². The number of nitrogens with zero attached hydrogens (tertiary/aromatic N) is 3. The summed E-state index contributed by atoms with van der Waals surface area (Å²) in [5.41, 5.74) is 0. The Morgan fingerprint density at radius 2 is 1.94 bits per heavy atom. The Morgan fingerprint density at radius 3 is 2.56 bits per heavy atom. The van der Waals surface area contributed by atoms with E-state index in [1.807, 2.05) is 6.92 Å². The molecule has 3 N–H and O–H groups in total. The third kappa shape index (κ3) is 4.81. The van der Waals surface area contributed by atoms with Crippen LogP contribution in [-0.4, -0.2) is 47.6 Å². The molecule has 8 heteroatoms. The van der Waals surface area contributed by atoms with Gasteiger partial charge in [0.25, 0.3) is 0 Å². The van der Waals surface area contributed by atoms with E-state index in [2.05, 4.69) is 30.9 Å². The molecule has 0 unspecified atom stereocenters. The van der Waals surface area contributed by atoms with Gasteiger partial charge in [-0.05, 0) is 6.92 Å². The summed E-state index contributed by atoms with van der Waals surface area (Å²) in [6.45, 7) is 4.83. The number of hydrogen-bond acceptors (Lipinski definition) is 7. The lowest BCUT2D eigenvalue weighted by molar-refractivity contribution is -0.118. The molecule has 8 nitrogen and oxygen atoms in total. The number of carbonyl (C=O) groups is 1. The monoisotopic (exact) mass is 254 g/mol. The molecular weight excluding hydrogens is 236 g/mol. The van der Waals surface area contributed by atoms with Crippen molar-refractivity contribution in [3.63, 3.8) is 0 Å². The van der Waals surface area contributed by atoms with Crippen molar-refractivity contribution in [3.8, 4) is 6.01 Å². The molecule has 0 radical (unpaired) electrons. The summed E-state index contributed by atoms with van der Waals surface area (Å²) in [5, 5.41) is 8.46. The molecule has 0 aliphatic heterocycles. The molecule has 1 aromatic rings. The van der Waals surface area contributed by atoms with Crippen LogP contribution in [0.4, 0.5) is 11.9 Å². The predicted octanol–water partition coefficient (Wildman–Crippen LogP) is -0.140. The number of ether oxygens (including phenoxy) is 1. The normalized spacial score (nSPS) is 9.72. The number of hydrogen-bond donors (Lipinski definition) is 3. The van der Waals surface area contributed by atoms with Gasteiger partial charge >= 0.3 is 6.01 Å². The Morgan fingerprint density at radius 1 is 1.22 bits per heavy atom. The van der Waals surface area contributed by atoms with E-state index in [9.17, 15) is 4.79 Å². The van der Waals surface area contributed by atoms with Crippen LogP contribution in [0.5, 0.6) is 6.01 Å². The third-order valence-corrected chi connectivity index (χ3v) is 1.89. The van der Waals surface area contributed by atoms with E-state index < -0.39 is 0 Å². The van der Waals surface area contributed by atoms with Crippen LogP contribution in [0.3, 0.4) is 0 Å². The first-order valence-corrected chi connectivity index (χ1v) is 5.70. The molecule has 1 rings (SSSR count). The quantitative estimate of drug-likeness (QED) is 0.582. The maximum Gasteiger partial charge on any atom is 0.323 e.